The van der Waals surface area contributed by atoms with Crippen molar-refractivity contribution in [3.05, 3.63) is 67.1 Å². The van der Waals surface area contributed by atoms with Gasteiger partial charge in [-0.3, -0.25) is 0 Å². The quantitative estimate of drug-likeness (QED) is 0.599. The molecule has 0 aliphatic carbocycles. The van der Waals surface area contributed by atoms with E-state index in [1.165, 1.54) is 42.4 Å². The fraction of sp³-hybridized carbons (Fsp3) is 0.278. The van der Waals surface area contributed by atoms with Crippen LogP contribution in [0.5, 0.6) is 0 Å². The lowest BCUT2D eigenvalue weighted by molar-refractivity contribution is 0.686. The van der Waals surface area contributed by atoms with E-state index in [4.69, 9.17) is 0 Å². The Hall–Kier alpha value is -1.56. The second-order valence-electron chi connectivity index (χ2n) is 4.73. The first kappa shape index (κ1) is 12.9. The minimum atomic E-state index is 1.06. The number of aryl methyl sites for hydroxylation is 1. The Bertz CT molecular complexity index is 439. The third-order valence-electron chi connectivity index (χ3n) is 3.28. The minimum absolute atomic E-state index is 1.06. The summed E-state index contributed by atoms with van der Waals surface area (Å²) in [5.74, 6) is 0. The molecule has 93 valence electrons. The molecule has 0 N–H and O–H groups in total. The van der Waals surface area contributed by atoms with E-state index in [2.05, 4.69) is 61.5 Å². The van der Waals surface area contributed by atoms with E-state index >= 15 is 0 Å². The Labute approximate surface area is 111 Å². The largest absolute Gasteiger partial charge is 0.0622 e. The van der Waals surface area contributed by atoms with E-state index < -0.39 is 0 Å². The summed E-state index contributed by atoms with van der Waals surface area (Å²) in [5, 5.41) is 0. The van der Waals surface area contributed by atoms with Crippen LogP contribution in [0.4, 0.5) is 0 Å². The zero-order chi connectivity index (χ0) is 12.6. The van der Waals surface area contributed by atoms with Crippen LogP contribution in [-0.4, -0.2) is 0 Å². The molecule has 0 bridgehead atoms. The SMILES string of the molecule is [CH2]CCCCCc1ccc(-c2ccccc2)cc1. The number of hydrogen-bond donors (Lipinski definition) is 0. The third-order valence-corrected chi connectivity index (χ3v) is 3.28. The lowest BCUT2D eigenvalue weighted by Crippen LogP contribution is -1.86. The Morgan fingerprint density at radius 3 is 2.00 bits per heavy atom. The molecule has 2 aromatic rings. The highest BCUT2D eigenvalue weighted by Gasteiger charge is 1.97. The molecule has 0 unspecified atom stereocenters. The summed E-state index contributed by atoms with van der Waals surface area (Å²) in [4.78, 5) is 0. The van der Waals surface area contributed by atoms with Gasteiger partial charge in [0.25, 0.3) is 0 Å². The zero-order valence-corrected chi connectivity index (χ0v) is 10.9. The first-order valence-corrected chi connectivity index (χ1v) is 6.84. The molecule has 2 aromatic carbocycles. The maximum absolute atomic E-state index is 3.88. The van der Waals surface area contributed by atoms with Crippen molar-refractivity contribution in [2.45, 2.75) is 32.1 Å². The normalized spacial score (nSPS) is 10.5. The van der Waals surface area contributed by atoms with Crippen molar-refractivity contribution in [1.29, 1.82) is 0 Å². The van der Waals surface area contributed by atoms with Gasteiger partial charge in [-0.2, -0.15) is 0 Å². The number of unbranched alkanes of at least 4 members (excludes halogenated alkanes) is 3. The molecular formula is C18H21. The predicted octanol–water partition coefficient (Wildman–Crippen LogP) is 5.29. The minimum Gasteiger partial charge on any atom is -0.0622 e. The lowest BCUT2D eigenvalue weighted by atomic mass is 10.0. The molecule has 0 saturated carbocycles. The summed E-state index contributed by atoms with van der Waals surface area (Å²) in [6.45, 7) is 3.88. The van der Waals surface area contributed by atoms with Gasteiger partial charge in [-0.05, 0) is 29.5 Å². The van der Waals surface area contributed by atoms with Gasteiger partial charge in [0.2, 0.25) is 0 Å². The van der Waals surface area contributed by atoms with Gasteiger partial charge in [0, 0.05) is 0 Å². The summed E-state index contributed by atoms with van der Waals surface area (Å²) in [5.41, 5.74) is 4.04. The third kappa shape index (κ3) is 3.73. The van der Waals surface area contributed by atoms with Crippen LogP contribution in [0.25, 0.3) is 11.1 Å². The second kappa shape index (κ2) is 7.00. The monoisotopic (exact) mass is 237 g/mol. The number of hydrogen-bond acceptors (Lipinski definition) is 0. The van der Waals surface area contributed by atoms with E-state index in [1.807, 2.05) is 0 Å². The van der Waals surface area contributed by atoms with Gasteiger partial charge in [0.1, 0.15) is 0 Å². The molecule has 0 amide bonds. The van der Waals surface area contributed by atoms with Gasteiger partial charge in [-0.15, -0.1) is 0 Å². The van der Waals surface area contributed by atoms with Crippen molar-refractivity contribution < 1.29 is 0 Å². The fourth-order valence-electron chi connectivity index (χ4n) is 2.18. The number of benzene rings is 2. The summed E-state index contributed by atoms with van der Waals surface area (Å²) in [6, 6.07) is 19.5. The molecule has 0 aliphatic rings. The Balaban J connectivity index is 1.94. The number of rotatable bonds is 6. The van der Waals surface area contributed by atoms with E-state index in [9.17, 15) is 0 Å². The molecule has 0 saturated heterocycles. The molecule has 1 radical (unpaired) electrons. The Kier molecular flexibility index (Phi) is 5.01. The lowest BCUT2D eigenvalue weighted by Gasteiger charge is -2.04. The fourth-order valence-corrected chi connectivity index (χ4v) is 2.18. The molecular weight excluding hydrogens is 216 g/mol. The summed E-state index contributed by atoms with van der Waals surface area (Å²) >= 11 is 0. The zero-order valence-electron chi connectivity index (χ0n) is 10.9. The molecule has 0 heterocycles. The van der Waals surface area contributed by atoms with E-state index in [1.54, 1.807) is 0 Å². The van der Waals surface area contributed by atoms with Crippen LogP contribution < -0.4 is 0 Å². The highest BCUT2D eigenvalue weighted by atomic mass is 14.0. The Morgan fingerprint density at radius 2 is 1.33 bits per heavy atom. The van der Waals surface area contributed by atoms with Crippen LogP contribution in [0.1, 0.15) is 31.2 Å². The van der Waals surface area contributed by atoms with Crippen molar-refractivity contribution in [3.8, 4) is 11.1 Å². The molecule has 0 spiro atoms. The van der Waals surface area contributed by atoms with Crippen molar-refractivity contribution in [3.63, 3.8) is 0 Å². The average molecular weight is 237 g/mol. The van der Waals surface area contributed by atoms with Crippen LogP contribution >= 0.6 is 0 Å². The highest BCUT2D eigenvalue weighted by molar-refractivity contribution is 5.63. The molecule has 0 atom stereocenters. The molecule has 0 fully saturated rings. The molecule has 0 aliphatic heterocycles. The molecule has 0 aromatic heterocycles. The van der Waals surface area contributed by atoms with E-state index in [0.29, 0.717) is 0 Å². The molecule has 0 nitrogen and oxygen atoms in total. The van der Waals surface area contributed by atoms with Crippen molar-refractivity contribution in [2.24, 2.45) is 0 Å². The van der Waals surface area contributed by atoms with Crippen LogP contribution in [0, 0.1) is 6.92 Å². The topological polar surface area (TPSA) is 0 Å². The van der Waals surface area contributed by atoms with Crippen molar-refractivity contribution >= 4 is 0 Å². The van der Waals surface area contributed by atoms with Gasteiger partial charge in [0.15, 0.2) is 0 Å². The smallest absolute Gasteiger partial charge is 0.0184 e. The first-order chi connectivity index (χ1) is 8.90. The van der Waals surface area contributed by atoms with Crippen LogP contribution in [0.15, 0.2) is 54.6 Å². The maximum atomic E-state index is 3.88. The van der Waals surface area contributed by atoms with Crippen molar-refractivity contribution in [1.82, 2.24) is 0 Å². The van der Waals surface area contributed by atoms with E-state index in [-0.39, 0.29) is 0 Å². The van der Waals surface area contributed by atoms with Gasteiger partial charge in [-0.25, -0.2) is 0 Å². The van der Waals surface area contributed by atoms with Gasteiger partial charge in [-0.1, -0.05) is 80.8 Å². The molecule has 2 rings (SSSR count). The highest BCUT2D eigenvalue weighted by Crippen LogP contribution is 2.19. The van der Waals surface area contributed by atoms with Crippen molar-refractivity contribution in [2.75, 3.05) is 0 Å². The molecule has 18 heavy (non-hydrogen) atoms. The first-order valence-electron chi connectivity index (χ1n) is 6.84. The second-order valence-corrected chi connectivity index (χ2v) is 4.73. The van der Waals surface area contributed by atoms with Crippen LogP contribution in [0.2, 0.25) is 0 Å². The maximum Gasteiger partial charge on any atom is -0.0184 e. The Morgan fingerprint density at radius 1 is 0.667 bits per heavy atom. The van der Waals surface area contributed by atoms with Crippen LogP contribution in [0.3, 0.4) is 0 Å². The van der Waals surface area contributed by atoms with Crippen LogP contribution in [-0.2, 0) is 6.42 Å². The molecule has 0 heteroatoms. The van der Waals surface area contributed by atoms with E-state index in [0.717, 1.165) is 6.42 Å². The average Bonchev–Trinajstić information content (AvgIpc) is 2.45. The van der Waals surface area contributed by atoms with Gasteiger partial charge < -0.3 is 0 Å². The summed E-state index contributed by atoms with van der Waals surface area (Å²) < 4.78 is 0. The standard InChI is InChI=1S/C18H21/c1-2-3-4-6-9-16-12-14-18(15-13-16)17-10-7-5-8-11-17/h5,7-8,10-15H,1-4,6,9H2. The summed E-state index contributed by atoms with van der Waals surface area (Å²) in [7, 11) is 0. The van der Waals surface area contributed by atoms with Gasteiger partial charge >= 0.3 is 0 Å². The predicted molar refractivity (Wildman–Crippen MR) is 79.4 cm³/mol. The van der Waals surface area contributed by atoms with Gasteiger partial charge in [0.05, 0.1) is 0 Å². The summed E-state index contributed by atoms with van der Waals surface area (Å²) in [6.07, 6.45) is 6.08.